The minimum atomic E-state index is 0.831. The first-order chi connectivity index (χ1) is 5.85. The van der Waals surface area contributed by atoms with Gasteiger partial charge in [0.25, 0.3) is 0 Å². The Hall–Kier alpha value is -1.81. The summed E-state index contributed by atoms with van der Waals surface area (Å²) in [6.45, 7) is 7.06. The predicted molar refractivity (Wildman–Crippen MR) is 52.4 cm³/mol. The summed E-state index contributed by atoms with van der Waals surface area (Å²) >= 11 is 0. The lowest BCUT2D eigenvalue weighted by Crippen LogP contribution is -1.68. The topological polar surface area (TPSA) is 23.8 Å². The molecule has 0 unspecified atom stereocenters. The van der Waals surface area contributed by atoms with E-state index in [-0.39, 0.29) is 0 Å². The van der Waals surface area contributed by atoms with Crippen LogP contribution in [0.25, 0.3) is 0 Å². The summed E-state index contributed by atoms with van der Waals surface area (Å²) in [4.78, 5) is 0. The van der Waals surface area contributed by atoms with Crippen LogP contribution in [0.4, 0.5) is 0 Å². The van der Waals surface area contributed by atoms with E-state index in [9.17, 15) is 0 Å². The Morgan fingerprint density at radius 3 is 1.92 bits per heavy atom. The molecule has 0 N–H and O–H groups in total. The zero-order valence-electron chi connectivity index (χ0n) is 6.90. The van der Waals surface area contributed by atoms with Gasteiger partial charge in [0.15, 0.2) is 0 Å². The quantitative estimate of drug-likeness (QED) is 0.454. The highest BCUT2D eigenvalue weighted by atomic mass is 14.2. The molecule has 0 aromatic carbocycles. The Labute approximate surface area is 73.3 Å². The number of nitriles is 1. The Morgan fingerprint density at radius 1 is 1.08 bits per heavy atom. The smallest absolute Gasteiger partial charge is 0.0918 e. The van der Waals surface area contributed by atoms with Crippen LogP contribution in [0.2, 0.25) is 0 Å². The van der Waals surface area contributed by atoms with Crippen LogP contribution in [0, 0.1) is 11.3 Å². The van der Waals surface area contributed by atoms with Crippen molar-refractivity contribution in [3.8, 4) is 6.07 Å². The first-order valence-corrected chi connectivity index (χ1v) is 3.53. The number of hydrogen-bond donors (Lipinski definition) is 0. The summed E-state index contributed by atoms with van der Waals surface area (Å²) in [6, 6.07) is 1.95. The molecule has 0 saturated heterocycles. The average Bonchev–Trinajstić information content (AvgIpc) is 2.10. The Kier molecular flexibility index (Phi) is 6.20. The molecule has 0 aromatic heterocycles. The van der Waals surface area contributed by atoms with E-state index in [4.69, 9.17) is 5.26 Å². The van der Waals surface area contributed by atoms with Crippen molar-refractivity contribution in [2.24, 2.45) is 0 Å². The maximum atomic E-state index is 8.39. The molecular formula is C11H11N. The summed E-state index contributed by atoms with van der Waals surface area (Å²) in [5.74, 6) is 0. The fourth-order valence-corrected chi connectivity index (χ4v) is 0.585. The first-order valence-electron chi connectivity index (χ1n) is 3.53. The van der Waals surface area contributed by atoms with Crippen LogP contribution in [0.15, 0.2) is 61.3 Å². The summed E-state index contributed by atoms with van der Waals surface area (Å²) in [5, 5.41) is 8.39. The van der Waals surface area contributed by atoms with Gasteiger partial charge in [0.05, 0.1) is 6.07 Å². The molecule has 0 saturated carbocycles. The maximum Gasteiger partial charge on any atom is 0.0918 e. The number of nitrogens with zero attached hydrogens (tertiary/aromatic N) is 1. The van der Waals surface area contributed by atoms with Gasteiger partial charge >= 0.3 is 0 Å². The predicted octanol–water partition coefficient (Wildman–Crippen LogP) is 2.92. The van der Waals surface area contributed by atoms with Crippen molar-refractivity contribution >= 4 is 0 Å². The van der Waals surface area contributed by atoms with E-state index in [1.54, 1.807) is 36.5 Å². The SMILES string of the molecule is C=CC=CC(C=CC=C)=CC#N. The van der Waals surface area contributed by atoms with Gasteiger partial charge in [-0.2, -0.15) is 5.26 Å². The average molecular weight is 157 g/mol. The third-order valence-corrected chi connectivity index (χ3v) is 1.08. The fourth-order valence-electron chi connectivity index (χ4n) is 0.585. The van der Waals surface area contributed by atoms with Crippen molar-refractivity contribution in [3.63, 3.8) is 0 Å². The molecule has 60 valence electrons. The van der Waals surface area contributed by atoms with Crippen LogP contribution in [-0.4, -0.2) is 0 Å². The van der Waals surface area contributed by atoms with Crippen LogP contribution in [-0.2, 0) is 0 Å². The van der Waals surface area contributed by atoms with Gasteiger partial charge in [-0.05, 0) is 5.57 Å². The Bertz CT molecular complexity index is 252. The lowest BCUT2D eigenvalue weighted by Gasteiger charge is -1.86. The van der Waals surface area contributed by atoms with Gasteiger partial charge in [0.1, 0.15) is 0 Å². The second kappa shape index (κ2) is 7.30. The van der Waals surface area contributed by atoms with Crippen LogP contribution < -0.4 is 0 Å². The minimum Gasteiger partial charge on any atom is -0.193 e. The number of rotatable bonds is 4. The monoisotopic (exact) mass is 157 g/mol. The molecule has 0 heterocycles. The molecule has 0 aliphatic rings. The molecule has 0 aromatic rings. The highest BCUT2D eigenvalue weighted by Gasteiger charge is 1.81. The zero-order chi connectivity index (χ0) is 9.23. The normalized spacial score (nSPS) is 9.58. The van der Waals surface area contributed by atoms with Crippen LogP contribution in [0.5, 0.6) is 0 Å². The summed E-state index contributed by atoms with van der Waals surface area (Å²) in [6.07, 6.45) is 11.9. The van der Waals surface area contributed by atoms with Gasteiger partial charge in [-0.3, -0.25) is 0 Å². The van der Waals surface area contributed by atoms with E-state index < -0.39 is 0 Å². The number of allylic oxidation sites excluding steroid dienone is 8. The molecule has 0 fully saturated rings. The lowest BCUT2D eigenvalue weighted by molar-refractivity contribution is 1.52. The highest BCUT2D eigenvalue weighted by molar-refractivity contribution is 5.36. The van der Waals surface area contributed by atoms with Crippen LogP contribution in [0.1, 0.15) is 0 Å². The van der Waals surface area contributed by atoms with E-state index in [1.165, 1.54) is 6.08 Å². The third kappa shape index (κ3) is 5.01. The van der Waals surface area contributed by atoms with Crippen molar-refractivity contribution in [2.75, 3.05) is 0 Å². The molecule has 0 spiro atoms. The van der Waals surface area contributed by atoms with E-state index in [0.29, 0.717) is 0 Å². The molecule has 12 heavy (non-hydrogen) atoms. The molecule has 1 heteroatoms. The van der Waals surface area contributed by atoms with E-state index >= 15 is 0 Å². The summed E-state index contributed by atoms with van der Waals surface area (Å²) in [7, 11) is 0. The second-order valence-corrected chi connectivity index (χ2v) is 1.96. The maximum absolute atomic E-state index is 8.39. The van der Waals surface area contributed by atoms with Crippen LogP contribution in [0.3, 0.4) is 0 Å². The van der Waals surface area contributed by atoms with Crippen molar-refractivity contribution in [1.29, 1.82) is 5.26 Å². The summed E-state index contributed by atoms with van der Waals surface area (Å²) < 4.78 is 0. The molecular weight excluding hydrogens is 146 g/mol. The van der Waals surface area contributed by atoms with E-state index in [2.05, 4.69) is 13.2 Å². The second-order valence-electron chi connectivity index (χ2n) is 1.96. The van der Waals surface area contributed by atoms with E-state index in [1.807, 2.05) is 6.07 Å². The molecule has 1 nitrogen and oxygen atoms in total. The highest BCUT2D eigenvalue weighted by Crippen LogP contribution is 1.98. The van der Waals surface area contributed by atoms with Crippen molar-refractivity contribution in [2.45, 2.75) is 0 Å². The molecule has 0 radical (unpaired) electrons. The Balaban J connectivity index is 4.46. The van der Waals surface area contributed by atoms with E-state index in [0.717, 1.165) is 5.57 Å². The zero-order valence-corrected chi connectivity index (χ0v) is 6.90. The molecule has 0 rings (SSSR count). The van der Waals surface area contributed by atoms with Gasteiger partial charge in [-0.1, -0.05) is 49.6 Å². The standard InChI is InChI=1S/C11H11N/c1-3-5-7-11(9-10-12)8-6-4-2/h3-9H,1-2H2. The van der Waals surface area contributed by atoms with Gasteiger partial charge in [-0.15, -0.1) is 0 Å². The van der Waals surface area contributed by atoms with Crippen molar-refractivity contribution in [3.05, 3.63) is 61.3 Å². The van der Waals surface area contributed by atoms with Gasteiger partial charge < -0.3 is 0 Å². The van der Waals surface area contributed by atoms with Gasteiger partial charge in [0.2, 0.25) is 0 Å². The lowest BCUT2D eigenvalue weighted by atomic mass is 10.2. The minimum absolute atomic E-state index is 0.831. The first kappa shape index (κ1) is 10.2. The third-order valence-electron chi connectivity index (χ3n) is 1.08. The molecule has 0 aliphatic heterocycles. The Morgan fingerprint density at radius 2 is 1.58 bits per heavy atom. The van der Waals surface area contributed by atoms with Crippen molar-refractivity contribution in [1.82, 2.24) is 0 Å². The molecule has 0 atom stereocenters. The molecule has 0 aliphatic carbocycles. The fraction of sp³-hybridized carbons (Fsp3) is 0. The van der Waals surface area contributed by atoms with Crippen molar-refractivity contribution < 1.29 is 0 Å². The van der Waals surface area contributed by atoms with Gasteiger partial charge in [-0.25, -0.2) is 0 Å². The van der Waals surface area contributed by atoms with Gasteiger partial charge in [0, 0.05) is 6.08 Å². The molecule has 0 amide bonds. The number of hydrogen-bond acceptors (Lipinski definition) is 1. The molecule has 0 bridgehead atoms. The summed E-state index contributed by atoms with van der Waals surface area (Å²) in [5.41, 5.74) is 0.831. The van der Waals surface area contributed by atoms with Crippen LogP contribution >= 0.6 is 0 Å². The largest absolute Gasteiger partial charge is 0.193 e.